The van der Waals surface area contributed by atoms with Crippen molar-refractivity contribution in [2.75, 3.05) is 0 Å². The Labute approximate surface area is 120 Å². The first kappa shape index (κ1) is 14.5. The molecule has 0 bridgehead atoms. The number of halogens is 2. The molecule has 0 aliphatic rings. The van der Waals surface area contributed by atoms with E-state index < -0.39 is 5.82 Å². The molecule has 2 rings (SSSR count). The Morgan fingerprint density at radius 3 is 2.55 bits per heavy atom. The lowest BCUT2D eigenvalue weighted by molar-refractivity contribution is 0.218. The minimum absolute atomic E-state index is 0.0164. The molecule has 1 aromatic carbocycles. The van der Waals surface area contributed by atoms with Crippen LogP contribution in [-0.2, 0) is 0 Å². The van der Waals surface area contributed by atoms with E-state index in [9.17, 15) is 4.39 Å². The van der Waals surface area contributed by atoms with Crippen LogP contribution in [0, 0.1) is 12.7 Å². The van der Waals surface area contributed by atoms with E-state index in [0.29, 0.717) is 5.56 Å². The SMILES string of the molecule is Cc1cccc(Oc2nc(Cl)nc(OC(C)C)n2)c1F. The highest BCUT2D eigenvalue weighted by molar-refractivity contribution is 6.28. The van der Waals surface area contributed by atoms with Crippen molar-refractivity contribution in [3.05, 3.63) is 34.9 Å². The van der Waals surface area contributed by atoms with E-state index in [-0.39, 0.29) is 29.2 Å². The summed E-state index contributed by atoms with van der Waals surface area (Å²) in [6.07, 6.45) is -0.128. The van der Waals surface area contributed by atoms with Crippen LogP contribution in [0.15, 0.2) is 18.2 Å². The summed E-state index contributed by atoms with van der Waals surface area (Å²) in [5.74, 6) is -0.460. The topological polar surface area (TPSA) is 57.1 Å². The van der Waals surface area contributed by atoms with Gasteiger partial charge in [0.25, 0.3) is 0 Å². The molecule has 0 amide bonds. The molecule has 7 heteroatoms. The second kappa shape index (κ2) is 6.00. The maximum Gasteiger partial charge on any atom is 0.329 e. The van der Waals surface area contributed by atoms with Crippen molar-refractivity contribution in [1.29, 1.82) is 0 Å². The van der Waals surface area contributed by atoms with Gasteiger partial charge in [-0.2, -0.15) is 9.97 Å². The third kappa shape index (κ3) is 3.54. The Balaban J connectivity index is 2.29. The minimum Gasteiger partial charge on any atom is -0.461 e. The molecular weight excluding hydrogens is 285 g/mol. The zero-order valence-corrected chi connectivity index (χ0v) is 12.0. The van der Waals surface area contributed by atoms with Gasteiger partial charge in [-0.1, -0.05) is 12.1 Å². The maximum atomic E-state index is 13.8. The summed E-state index contributed by atoms with van der Waals surface area (Å²) in [7, 11) is 0. The zero-order chi connectivity index (χ0) is 14.7. The molecule has 2 aromatic rings. The fraction of sp³-hybridized carbons (Fsp3) is 0.308. The number of benzene rings is 1. The van der Waals surface area contributed by atoms with Crippen molar-refractivity contribution in [2.45, 2.75) is 26.9 Å². The Morgan fingerprint density at radius 2 is 1.85 bits per heavy atom. The fourth-order valence-corrected chi connectivity index (χ4v) is 1.57. The predicted octanol–water partition coefficient (Wildman–Crippen LogP) is 3.55. The third-order valence-electron chi connectivity index (χ3n) is 2.27. The molecule has 1 aromatic heterocycles. The van der Waals surface area contributed by atoms with Crippen LogP contribution >= 0.6 is 11.6 Å². The molecular formula is C13H13ClFN3O2. The molecule has 106 valence electrons. The quantitative estimate of drug-likeness (QED) is 0.863. The van der Waals surface area contributed by atoms with Gasteiger partial charge < -0.3 is 9.47 Å². The van der Waals surface area contributed by atoms with Crippen LogP contribution in [0.3, 0.4) is 0 Å². The number of hydrogen-bond donors (Lipinski definition) is 0. The second-order valence-corrected chi connectivity index (χ2v) is 4.66. The molecule has 0 fully saturated rings. The van der Waals surface area contributed by atoms with Crippen molar-refractivity contribution in [3.8, 4) is 17.8 Å². The van der Waals surface area contributed by atoms with Crippen LogP contribution in [0.2, 0.25) is 5.28 Å². The molecule has 0 unspecified atom stereocenters. The largest absolute Gasteiger partial charge is 0.461 e. The number of ether oxygens (including phenoxy) is 2. The fourth-order valence-electron chi connectivity index (χ4n) is 1.42. The van der Waals surface area contributed by atoms with Gasteiger partial charge in [0, 0.05) is 0 Å². The summed E-state index contributed by atoms with van der Waals surface area (Å²) in [6, 6.07) is 4.69. The van der Waals surface area contributed by atoms with Gasteiger partial charge in [-0.05, 0) is 44.0 Å². The smallest absolute Gasteiger partial charge is 0.329 e. The van der Waals surface area contributed by atoms with E-state index >= 15 is 0 Å². The second-order valence-electron chi connectivity index (χ2n) is 4.33. The van der Waals surface area contributed by atoms with Crippen LogP contribution in [0.4, 0.5) is 4.39 Å². The van der Waals surface area contributed by atoms with E-state index in [1.54, 1.807) is 19.1 Å². The van der Waals surface area contributed by atoms with Crippen molar-refractivity contribution >= 4 is 11.6 Å². The molecule has 0 saturated carbocycles. The van der Waals surface area contributed by atoms with Gasteiger partial charge in [0.15, 0.2) is 11.6 Å². The maximum absolute atomic E-state index is 13.8. The molecule has 20 heavy (non-hydrogen) atoms. The van der Waals surface area contributed by atoms with Crippen molar-refractivity contribution < 1.29 is 13.9 Å². The van der Waals surface area contributed by atoms with E-state index in [1.165, 1.54) is 6.07 Å². The number of rotatable bonds is 4. The summed E-state index contributed by atoms with van der Waals surface area (Å²) in [4.78, 5) is 11.5. The lowest BCUT2D eigenvalue weighted by atomic mass is 10.2. The van der Waals surface area contributed by atoms with E-state index in [2.05, 4.69) is 15.0 Å². The van der Waals surface area contributed by atoms with Crippen molar-refractivity contribution in [2.24, 2.45) is 0 Å². The third-order valence-corrected chi connectivity index (χ3v) is 2.43. The van der Waals surface area contributed by atoms with Crippen LogP contribution in [0.1, 0.15) is 19.4 Å². The monoisotopic (exact) mass is 297 g/mol. The van der Waals surface area contributed by atoms with Crippen LogP contribution in [-0.4, -0.2) is 21.1 Å². The van der Waals surface area contributed by atoms with Gasteiger partial charge in [0.05, 0.1) is 6.10 Å². The van der Waals surface area contributed by atoms with Crippen LogP contribution < -0.4 is 9.47 Å². The van der Waals surface area contributed by atoms with Crippen molar-refractivity contribution in [3.63, 3.8) is 0 Å². The highest BCUT2D eigenvalue weighted by Crippen LogP contribution is 2.25. The average Bonchev–Trinajstić information content (AvgIpc) is 2.33. The molecule has 0 aliphatic carbocycles. The van der Waals surface area contributed by atoms with Gasteiger partial charge in [-0.15, -0.1) is 4.98 Å². The molecule has 5 nitrogen and oxygen atoms in total. The number of hydrogen-bond acceptors (Lipinski definition) is 5. The standard InChI is InChI=1S/C13H13ClFN3O2/c1-7(2)19-12-16-11(14)17-13(18-12)20-9-6-4-5-8(3)10(9)15/h4-7H,1-3H3. The lowest BCUT2D eigenvalue weighted by Crippen LogP contribution is -2.09. The summed E-state index contributed by atoms with van der Waals surface area (Å²) >= 11 is 5.75. The first-order valence-corrected chi connectivity index (χ1v) is 6.34. The Bertz CT molecular complexity index is 623. The Kier molecular flexibility index (Phi) is 4.34. The number of aromatic nitrogens is 3. The first-order valence-electron chi connectivity index (χ1n) is 5.97. The summed E-state index contributed by atoms with van der Waals surface area (Å²) in [5.41, 5.74) is 0.460. The van der Waals surface area contributed by atoms with Gasteiger partial charge >= 0.3 is 12.0 Å². The highest BCUT2D eigenvalue weighted by atomic mass is 35.5. The van der Waals surface area contributed by atoms with Gasteiger partial charge in [0.2, 0.25) is 5.28 Å². The molecule has 0 aliphatic heterocycles. The van der Waals surface area contributed by atoms with Gasteiger partial charge in [-0.25, -0.2) is 4.39 Å². The molecule has 1 heterocycles. The van der Waals surface area contributed by atoms with Crippen LogP contribution in [0.25, 0.3) is 0 Å². The summed E-state index contributed by atoms with van der Waals surface area (Å²) in [6.45, 7) is 5.27. The Hall–Kier alpha value is -1.95. The predicted molar refractivity (Wildman–Crippen MR) is 71.8 cm³/mol. The average molecular weight is 298 g/mol. The van der Waals surface area contributed by atoms with E-state index in [1.807, 2.05) is 13.8 Å². The van der Waals surface area contributed by atoms with Crippen molar-refractivity contribution in [1.82, 2.24) is 15.0 Å². The van der Waals surface area contributed by atoms with E-state index in [0.717, 1.165) is 0 Å². The van der Waals surface area contributed by atoms with Gasteiger partial charge in [-0.3, -0.25) is 0 Å². The van der Waals surface area contributed by atoms with Crippen LogP contribution in [0.5, 0.6) is 17.8 Å². The molecule has 0 spiro atoms. The molecule has 0 atom stereocenters. The minimum atomic E-state index is -0.477. The first-order chi connectivity index (χ1) is 9.45. The lowest BCUT2D eigenvalue weighted by Gasteiger charge is -2.10. The Morgan fingerprint density at radius 1 is 1.15 bits per heavy atom. The normalized spacial score (nSPS) is 10.7. The summed E-state index contributed by atoms with van der Waals surface area (Å²) in [5, 5.41) is -0.0845. The molecule has 0 saturated heterocycles. The number of nitrogens with zero attached hydrogens (tertiary/aromatic N) is 3. The summed E-state index contributed by atoms with van der Waals surface area (Å²) < 4.78 is 24.4. The zero-order valence-electron chi connectivity index (χ0n) is 11.2. The highest BCUT2D eigenvalue weighted by Gasteiger charge is 2.12. The van der Waals surface area contributed by atoms with Gasteiger partial charge in [0.1, 0.15) is 0 Å². The molecule has 0 N–H and O–H groups in total. The molecule has 0 radical (unpaired) electrons. The number of aryl methyl sites for hydroxylation is 1. The van der Waals surface area contributed by atoms with E-state index in [4.69, 9.17) is 21.1 Å².